The molecule has 1 aliphatic rings. The highest BCUT2D eigenvalue weighted by molar-refractivity contribution is 7.10. The number of carbonyl (C=O) groups excluding carboxylic acids is 1. The van der Waals surface area contributed by atoms with E-state index in [1.54, 1.807) is 40.9 Å². The summed E-state index contributed by atoms with van der Waals surface area (Å²) in [6.07, 6.45) is 4.36. The van der Waals surface area contributed by atoms with Gasteiger partial charge in [0.15, 0.2) is 0 Å². The van der Waals surface area contributed by atoms with Gasteiger partial charge in [-0.3, -0.25) is 4.79 Å². The molecule has 26 heavy (non-hydrogen) atoms. The van der Waals surface area contributed by atoms with Crippen LogP contribution >= 0.6 is 22.7 Å². The zero-order chi connectivity index (χ0) is 17.9. The van der Waals surface area contributed by atoms with Crippen LogP contribution in [0.15, 0.2) is 59.3 Å². The van der Waals surface area contributed by atoms with Crippen molar-refractivity contribution in [3.63, 3.8) is 0 Å². The first kappa shape index (κ1) is 16.8. The van der Waals surface area contributed by atoms with Crippen LogP contribution in [0.2, 0.25) is 0 Å². The first-order valence-corrected chi connectivity index (χ1v) is 10.1. The fourth-order valence-corrected chi connectivity index (χ4v) is 5.00. The first-order valence-electron chi connectivity index (χ1n) is 8.35. The molecule has 128 valence electrons. The fourth-order valence-electron chi connectivity index (χ4n) is 3.24. The van der Waals surface area contributed by atoms with Crippen LogP contribution in [0.25, 0.3) is 6.08 Å². The Morgan fingerprint density at radius 1 is 1.15 bits per heavy atom. The van der Waals surface area contributed by atoms with E-state index in [1.807, 2.05) is 29.2 Å². The number of thiophene rings is 2. The summed E-state index contributed by atoms with van der Waals surface area (Å²) in [5.74, 6) is 0.0182. The van der Waals surface area contributed by atoms with Crippen LogP contribution in [0, 0.1) is 11.3 Å². The number of carbonyl (C=O) groups is 1. The predicted octanol–water partition coefficient (Wildman–Crippen LogP) is 4.87. The average molecular weight is 377 g/mol. The van der Waals surface area contributed by atoms with Gasteiger partial charge in [-0.25, -0.2) is 0 Å². The Balaban J connectivity index is 1.60. The van der Waals surface area contributed by atoms with Crippen molar-refractivity contribution in [2.75, 3.05) is 6.54 Å². The second-order valence-corrected chi connectivity index (χ2v) is 8.05. The van der Waals surface area contributed by atoms with E-state index in [1.165, 1.54) is 15.3 Å². The van der Waals surface area contributed by atoms with Gasteiger partial charge in [-0.15, -0.1) is 22.7 Å². The van der Waals surface area contributed by atoms with Crippen molar-refractivity contribution in [1.82, 2.24) is 4.90 Å². The number of hydrogen-bond acceptors (Lipinski definition) is 4. The number of nitrogens with zero attached hydrogens (tertiary/aromatic N) is 2. The summed E-state index contributed by atoms with van der Waals surface area (Å²) >= 11 is 3.47. The molecule has 3 aromatic rings. The lowest BCUT2D eigenvalue weighted by atomic mass is 9.98. The molecule has 3 nitrogen and oxygen atoms in total. The normalized spacial score (nSPS) is 16.4. The SMILES string of the molecule is N#Cc1ccc(/C=C/C(=O)N2CCc3sccc3[C@@H]2c2cccs2)cc1. The lowest BCUT2D eigenvalue weighted by molar-refractivity contribution is -0.127. The molecule has 0 spiro atoms. The van der Waals surface area contributed by atoms with Crippen LogP contribution < -0.4 is 0 Å². The molecule has 1 aromatic carbocycles. The van der Waals surface area contributed by atoms with Gasteiger partial charge >= 0.3 is 0 Å². The van der Waals surface area contributed by atoms with E-state index in [4.69, 9.17) is 5.26 Å². The quantitative estimate of drug-likeness (QED) is 0.612. The summed E-state index contributed by atoms with van der Waals surface area (Å²) in [6, 6.07) is 15.6. The molecule has 0 N–H and O–H groups in total. The Kier molecular flexibility index (Phi) is 4.70. The molecular weight excluding hydrogens is 360 g/mol. The van der Waals surface area contributed by atoms with Gasteiger partial charge in [0.2, 0.25) is 5.91 Å². The number of nitriles is 1. The van der Waals surface area contributed by atoms with E-state index in [-0.39, 0.29) is 11.9 Å². The zero-order valence-electron chi connectivity index (χ0n) is 14.0. The minimum absolute atomic E-state index is 0.00288. The van der Waals surface area contributed by atoms with E-state index < -0.39 is 0 Å². The third-order valence-corrected chi connectivity index (χ3v) is 6.44. The maximum Gasteiger partial charge on any atom is 0.247 e. The maximum atomic E-state index is 12.9. The molecule has 1 amide bonds. The van der Waals surface area contributed by atoms with Gasteiger partial charge in [0.25, 0.3) is 0 Å². The summed E-state index contributed by atoms with van der Waals surface area (Å²) in [6.45, 7) is 0.729. The number of benzene rings is 1. The van der Waals surface area contributed by atoms with Crippen LogP contribution in [-0.4, -0.2) is 17.4 Å². The van der Waals surface area contributed by atoms with Crippen molar-refractivity contribution in [2.24, 2.45) is 0 Å². The molecule has 0 saturated carbocycles. The number of fused-ring (bicyclic) bond motifs is 1. The highest BCUT2D eigenvalue weighted by Crippen LogP contribution is 2.39. The maximum absolute atomic E-state index is 12.9. The van der Waals surface area contributed by atoms with Crippen molar-refractivity contribution in [1.29, 1.82) is 5.26 Å². The number of rotatable bonds is 3. The smallest absolute Gasteiger partial charge is 0.247 e. The third kappa shape index (κ3) is 3.22. The molecule has 1 atom stereocenters. The summed E-state index contributed by atoms with van der Waals surface area (Å²) in [7, 11) is 0. The van der Waals surface area contributed by atoms with Gasteiger partial charge in [0.05, 0.1) is 17.7 Å². The molecule has 0 radical (unpaired) electrons. The lowest BCUT2D eigenvalue weighted by Crippen LogP contribution is -2.38. The largest absolute Gasteiger partial charge is 0.327 e. The first-order chi connectivity index (χ1) is 12.8. The lowest BCUT2D eigenvalue weighted by Gasteiger charge is -2.34. The Labute approximate surface area is 160 Å². The van der Waals surface area contributed by atoms with Crippen LogP contribution in [0.4, 0.5) is 0 Å². The van der Waals surface area contributed by atoms with E-state index in [0.717, 1.165) is 18.5 Å². The Morgan fingerprint density at radius 3 is 2.73 bits per heavy atom. The minimum atomic E-state index is 0.00288. The van der Waals surface area contributed by atoms with Gasteiger partial charge in [0.1, 0.15) is 0 Å². The Bertz CT molecular complexity index is 978. The topological polar surface area (TPSA) is 44.1 Å². The Morgan fingerprint density at radius 2 is 2.00 bits per heavy atom. The average Bonchev–Trinajstić information content (AvgIpc) is 3.37. The molecule has 1 aliphatic heterocycles. The molecule has 0 aliphatic carbocycles. The van der Waals surface area contributed by atoms with Crippen molar-refractivity contribution < 1.29 is 4.79 Å². The summed E-state index contributed by atoms with van der Waals surface area (Å²) in [5, 5.41) is 13.0. The van der Waals surface area contributed by atoms with E-state index >= 15 is 0 Å². The standard InChI is InChI=1S/C21H16N2OS2/c22-14-16-5-3-15(4-6-16)7-8-20(24)23-11-9-18-17(10-13-26-18)21(23)19-2-1-12-25-19/h1-8,10,12-13,21H,9,11H2/b8-7+/t21-/m1/s1. The van der Waals surface area contributed by atoms with Crippen LogP contribution in [0.5, 0.6) is 0 Å². The second-order valence-electron chi connectivity index (χ2n) is 6.07. The second kappa shape index (κ2) is 7.28. The molecule has 3 heterocycles. The monoisotopic (exact) mass is 376 g/mol. The van der Waals surface area contributed by atoms with Crippen LogP contribution in [0.1, 0.15) is 32.5 Å². The third-order valence-electron chi connectivity index (χ3n) is 4.52. The minimum Gasteiger partial charge on any atom is -0.327 e. The molecule has 5 heteroatoms. The van der Waals surface area contributed by atoms with E-state index in [0.29, 0.717) is 5.56 Å². The van der Waals surface area contributed by atoms with Gasteiger partial charge in [-0.1, -0.05) is 18.2 Å². The highest BCUT2D eigenvalue weighted by Gasteiger charge is 2.32. The highest BCUT2D eigenvalue weighted by atomic mass is 32.1. The van der Waals surface area contributed by atoms with Gasteiger partial charge in [-0.05, 0) is 58.6 Å². The van der Waals surface area contributed by atoms with Gasteiger partial charge < -0.3 is 4.90 Å². The van der Waals surface area contributed by atoms with Gasteiger partial charge in [0, 0.05) is 22.4 Å². The zero-order valence-corrected chi connectivity index (χ0v) is 15.6. The summed E-state index contributed by atoms with van der Waals surface area (Å²) in [4.78, 5) is 17.5. The predicted molar refractivity (Wildman–Crippen MR) is 106 cm³/mol. The molecule has 0 unspecified atom stereocenters. The van der Waals surface area contributed by atoms with E-state index in [9.17, 15) is 4.79 Å². The number of hydrogen-bond donors (Lipinski definition) is 0. The molecular formula is C21H16N2OS2. The van der Waals surface area contributed by atoms with Crippen molar-refractivity contribution >= 4 is 34.7 Å². The summed E-state index contributed by atoms with van der Waals surface area (Å²) in [5.41, 5.74) is 2.79. The van der Waals surface area contributed by atoms with Crippen LogP contribution in [0.3, 0.4) is 0 Å². The molecule has 2 aromatic heterocycles. The van der Waals surface area contributed by atoms with Crippen molar-refractivity contribution in [3.8, 4) is 6.07 Å². The van der Waals surface area contributed by atoms with Crippen molar-refractivity contribution in [3.05, 3.63) is 85.7 Å². The van der Waals surface area contributed by atoms with Gasteiger partial charge in [-0.2, -0.15) is 5.26 Å². The Hall–Kier alpha value is -2.68. The fraction of sp³-hybridized carbons (Fsp3) is 0.143. The number of amides is 1. The molecule has 0 fully saturated rings. The van der Waals surface area contributed by atoms with Crippen LogP contribution in [-0.2, 0) is 11.2 Å². The molecule has 0 bridgehead atoms. The molecule has 0 saturated heterocycles. The van der Waals surface area contributed by atoms with E-state index in [2.05, 4.69) is 29.0 Å². The molecule has 4 rings (SSSR count). The summed E-state index contributed by atoms with van der Waals surface area (Å²) < 4.78 is 0. The van der Waals surface area contributed by atoms with Crippen molar-refractivity contribution in [2.45, 2.75) is 12.5 Å².